The highest BCUT2D eigenvalue weighted by atomic mass is 15.1. The predicted molar refractivity (Wildman–Crippen MR) is 130 cm³/mol. The van der Waals surface area contributed by atoms with E-state index in [0.29, 0.717) is 0 Å². The Balaban J connectivity index is 1.79. The number of hydrogen-bond donors (Lipinski definition) is 0. The van der Waals surface area contributed by atoms with E-state index in [2.05, 4.69) is 120 Å². The third kappa shape index (κ3) is 2.06. The maximum atomic E-state index is 4.97. The SMILES string of the molecule is c1ccc(C2(c3ccccc3)c3cccnc3-n3c4ccccc4c4cccc2c43)cc1. The summed E-state index contributed by atoms with van der Waals surface area (Å²) in [6, 6.07) is 41.5. The van der Waals surface area contributed by atoms with Gasteiger partial charge in [0.2, 0.25) is 0 Å². The molecule has 0 radical (unpaired) electrons. The lowest BCUT2D eigenvalue weighted by Crippen LogP contribution is -2.35. The monoisotopic (exact) mass is 408 g/mol. The van der Waals surface area contributed by atoms with E-state index in [-0.39, 0.29) is 0 Å². The molecule has 6 aromatic rings. The molecule has 0 saturated carbocycles. The van der Waals surface area contributed by atoms with Gasteiger partial charge in [0.25, 0.3) is 0 Å². The standard InChI is InChI=1S/C30H20N2/c1-3-11-21(12-4-1)30(22-13-5-2-6-14-22)25-17-9-16-24-23-15-7-8-19-27(23)32(28(24)25)29-26(30)18-10-20-31-29/h1-20H. The van der Waals surface area contributed by atoms with Crippen LogP contribution in [0.1, 0.15) is 22.3 Å². The maximum absolute atomic E-state index is 4.97. The quantitative estimate of drug-likeness (QED) is 0.305. The van der Waals surface area contributed by atoms with E-state index in [1.165, 1.54) is 44.1 Å². The molecule has 0 bridgehead atoms. The first-order valence-corrected chi connectivity index (χ1v) is 11.0. The van der Waals surface area contributed by atoms with E-state index >= 15 is 0 Å². The molecular formula is C30H20N2. The van der Waals surface area contributed by atoms with Crippen LogP contribution in [-0.2, 0) is 5.41 Å². The lowest BCUT2D eigenvalue weighted by molar-refractivity contribution is 0.718. The number of rotatable bonds is 2. The molecule has 2 aromatic heterocycles. The summed E-state index contributed by atoms with van der Waals surface area (Å²) in [5.74, 6) is 1.00. The van der Waals surface area contributed by atoms with Crippen molar-refractivity contribution < 1.29 is 0 Å². The van der Waals surface area contributed by atoms with E-state index in [1.54, 1.807) is 0 Å². The number of para-hydroxylation sites is 2. The summed E-state index contributed by atoms with van der Waals surface area (Å²) >= 11 is 0. The van der Waals surface area contributed by atoms with Crippen LogP contribution in [0, 0.1) is 0 Å². The van der Waals surface area contributed by atoms with Crippen LogP contribution in [0.25, 0.3) is 27.6 Å². The zero-order chi connectivity index (χ0) is 21.1. The Kier molecular flexibility index (Phi) is 3.51. The van der Waals surface area contributed by atoms with Crippen LogP contribution < -0.4 is 0 Å². The summed E-state index contributed by atoms with van der Waals surface area (Å²) < 4.78 is 2.36. The Hall–Kier alpha value is -4.17. The van der Waals surface area contributed by atoms with Gasteiger partial charge in [-0.25, -0.2) is 4.98 Å². The van der Waals surface area contributed by atoms with Gasteiger partial charge in [-0.15, -0.1) is 0 Å². The molecule has 1 aliphatic heterocycles. The van der Waals surface area contributed by atoms with Crippen molar-refractivity contribution in [1.82, 2.24) is 9.55 Å². The van der Waals surface area contributed by atoms with Crippen molar-refractivity contribution in [3.05, 3.63) is 144 Å². The fraction of sp³-hybridized carbons (Fsp3) is 0.0333. The lowest BCUT2D eigenvalue weighted by atomic mass is 9.63. The molecule has 0 saturated heterocycles. The second kappa shape index (κ2) is 6.41. The average Bonchev–Trinajstić information content (AvgIpc) is 3.22. The van der Waals surface area contributed by atoms with Gasteiger partial charge < -0.3 is 0 Å². The predicted octanol–water partition coefficient (Wildman–Crippen LogP) is 6.87. The first-order chi connectivity index (χ1) is 15.9. The maximum Gasteiger partial charge on any atom is 0.142 e. The number of benzene rings is 4. The number of nitrogens with zero attached hydrogens (tertiary/aromatic N) is 2. The van der Waals surface area contributed by atoms with Crippen molar-refractivity contribution in [3.63, 3.8) is 0 Å². The van der Waals surface area contributed by atoms with Crippen molar-refractivity contribution in [2.45, 2.75) is 5.41 Å². The van der Waals surface area contributed by atoms with Crippen LogP contribution >= 0.6 is 0 Å². The van der Waals surface area contributed by atoms with Gasteiger partial charge in [0.15, 0.2) is 0 Å². The second-order valence-corrected chi connectivity index (χ2v) is 8.41. The van der Waals surface area contributed by atoms with Crippen molar-refractivity contribution in [2.75, 3.05) is 0 Å². The average molecular weight is 409 g/mol. The Labute approximate surface area is 186 Å². The van der Waals surface area contributed by atoms with Crippen LogP contribution in [0.3, 0.4) is 0 Å². The Morgan fingerprint density at radius 1 is 0.531 bits per heavy atom. The topological polar surface area (TPSA) is 17.8 Å². The van der Waals surface area contributed by atoms with Crippen LogP contribution in [-0.4, -0.2) is 9.55 Å². The van der Waals surface area contributed by atoms with Gasteiger partial charge in [-0.05, 0) is 28.8 Å². The summed E-state index contributed by atoms with van der Waals surface area (Å²) in [6.45, 7) is 0. The number of hydrogen-bond acceptors (Lipinski definition) is 1. The Bertz CT molecular complexity index is 1570. The number of pyridine rings is 1. The first kappa shape index (κ1) is 17.5. The van der Waals surface area contributed by atoms with Crippen LogP contribution in [0.4, 0.5) is 0 Å². The van der Waals surface area contributed by atoms with E-state index in [4.69, 9.17) is 4.98 Å². The molecule has 0 aliphatic carbocycles. The van der Waals surface area contributed by atoms with E-state index in [9.17, 15) is 0 Å². The van der Waals surface area contributed by atoms with Crippen molar-refractivity contribution in [3.8, 4) is 5.82 Å². The van der Waals surface area contributed by atoms with Crippen molar-refractivity contribution in [1.29, 1.82) is 0 Å². The molecule has 0 N–H and O–H groups in total. The highest BCUT2D eigenvalue weighted by molar-refractivity contribution is 6.11. The molecule has 0 atom stereocenters. The molecule has 150 valence electrons. The largest absolute Gasteiger partial charge is 0.293 e. The molecule has 0 fully saturated rings. The van der Waals surface area contributed by atoms with Crippen LogP contribution in [0.5, 0.6) is 0 Å². The van der Waals surface area contributed by atoms with Crippen LogP contribution in [0.2, 0.25) is 0 Å². The van der Waals surface area contributed by atoms with Gasteiger partial charge in [-0.1, -0.05) is 103 Å². The Morgan fingerprint density at radius 2 is 1.16 bits per heavy atom. The molecule has 3 heterocycles. The van der Waals surface area contributed by atoms with E-state index < -0.39 is 5.41 Å². The highest BCUT2D eigenvalue weighted by Crippen LogP contribution is 2.53. The fourth-order valence-electron chi connectivity index (χ4n) is 5.72. The third-order valence-electron chi connectivity index (χ3n) is 6.91. The molecule has 2 nitrogen and oxygen atoms in total. The second-order valence-electron chi connectivity index (χ2n) is 8.41. The lowest BCUT2D eigenvalue weighted by Gasteiger charge is -2.41. The number of aromatic nitrogens is 2. The van der Waals surface area contributed by atoms with Crippen molar-refractivity contribution in [2.24, 2.45) is 0 Å². The van der Waals surface area contributed by atoms with Gasteiger partial charge in [0.05, 0.1) is 16.4 Å². The Morgan fingerprint density at radius 3 is 1.91 bits per heavy atom. The molecule has 32 heavy (non-hydrogen) atoms. The number of fused-ring (bicyclic) bond motifs is 5. The highest BCUT2D eigenvalue weighted by Gasteiger charge is 2.45. The van der Waals surface area contributed by atoms with E-state index in [1.807, 2.05) is 6.20 Å². The van der Waals surface area contributed by atoms with Gasteiger partial charge >= 0.3 is 0 Å². The minimum Gasteiger partial charge on any atom is -0.293 e. The minimum absolute atomic E-state index is 0.448. The minimum atomic E-state index is -0.448. The van der Waals surface area contributed by atoms with Gasteiger partial charge in [-0.2, -0.15) is 0 Å². The summed E-state index contributed by atoms with van der Waals surface area (Å²) in [4.78, 5) is 4.97. The normalized spacial score (nSPS) is 13.9. The molecule has 0 spiro atoms. The summed E-state index contributed by atoms with van der Waals surface area (Å²) in [6.07, 6.45) is 1.91. The molecule has 2 heteroatoms. The van der Waals surface area contributed by atoms with Crippen molar-refractivity contribution >= 4 is 21.8 Å². The third-order valence-corrected chi connectivity index (χ3v) is 6.91. The van der Waals surface area contributed by atoms with Gasteiger partial charge in [-0.3, -0.25) is 4.57 Å². The zero-order valence-corrected chi connectivity index (χ0v) is 17.4. The van der Waals surface area contributed by atoms with Gasteiger partial charge in [0.1, 0.15) is 5.82 Å². The molecule has 0 amide bonds. The summed E-state index contributed by atoms with van der Waals surface area (Å²) in [7, 11) is 0. The van der Waals surface area contributed by atoms with E-state index in [0.717, 1.165) is 5.82 Å². The van der Waals surface area contributed by atoms with Gasteiger partial charge in [0, 0.05) is 22.5 Å². The molecule has 1 aliphatic rings. The van der Waals surface area contributed by atoms with Crippen LogP contribution in [0.15, 0.2) is 121 Å². The molecule has 7 rings (SSSR count). The summed E-state index contributed by atoms with van der Waals surface area (Å²) in [5.41, 5.74) is 7.00. The first-order valence-electron chi connectivity index (χ1n) is 11.0. The fourth-order valence-corrected chi connectivity index (χ4v) is 5.72. The molecule has 0 unspecified atom stereocenters. The molecule has 4 aromatic carbocycles. The summed E-state index contributed by atoms with van der Waals surface area (Å²) in [5, 5.41) is 2.53. The zero-order valence-electron chi connectivity index (χ0n) is 17.4. The smallest absolute Gasteiger partial charge is 0.142 e. The molecular weight excluding hydrogens is 388 g/mol.